The Labute approximate surface area is 216 Å². The van der Waals surface area contributed by atoms with E-state index in [4.69, 9.17) is 27.7 Å². The van der Waals surface area contributed by atoms with E-state index < -0.39 is 88.4 Å². The molecule has 2 heterocycles. The van der Waals surface area contributed by atoms with Gasteiger partial charge in [0.1, 0.15) is 30.3 Å². The molecule has 0 bridgehead atoms. The number of nitrogens with zero attached hydrogens (tertiary/aromatic N) is 2. The van der Waals surface area contributed by atoms with Gasteiger partial charge in [0.15, 0.2) is 17.2 Å². The Morgan fingerprint density at radius 3 is 2.00 bits per heavy atom. The highest BCUT2D eigenvalue weighted by molar-refractivity contribution is 6.03. The smallest absolute Gasteiger partial charge is 0.383 e. The average Bonchev–Trinajstić information content (AvgIpc) is 3.19. The molecule has 1 fully saturated rings. The molecule has 10 N–H and O–H groups in total. The first-order valence-corrected chi connectivity index (χ1v) is 12.3. The van der Waals surface area contributed by atoms with Crippen molar-refractivity contribution in [1.82, 2.24) is 0 Å². The first-order valence-electron chi connectivity index (χ1n) is 12.3. The van der Waals surface area contributed by atoms with E-state index in [9.17, 15) is 29.4 Å². The Morgan fingerprint density at radius 1 is 1.03 bits per heavy atom. The van der Waals surface area contributed by atoms with Crippen LogP contribution in [0, 0.1) is 17.8 Å². The van der Waals surface area contributed by atoms with E-state index in [1.807, 2.05) is 0 Å². The van der Waals surface area contributed by atoms with Gasteiger partial charge in [-0.15, -0.1) is 9.48 Å². The van der Waals surface area contributed by atoms with E-state index in [0.29, 0.717) is 0 Å². The van der Waals surface area contributed by atoms with Crippen LogP contribution in [0.15, 0.2) is 17.3 Å². The predicted molar refractivity (Wildman–Crippen MR) is 134 cm³/mol. The van der Waals surface area contributed by atoms with Crippen molar-refractivity contribution in [3.8, 4) is 0 Å². The van der Waals surface area contributed by atoms with Crippen LogP contribution < -0.4 is 22.9 Å². The number of amides is 3. The molecule has 0 aromatic heterocycles. The summed E-state index contributed by atoms with van der Waals surface area (Å²) in [4.78, 5) is 57.0. The van der Waals surface area contributed by atoms with Crippen molar-refractivity contribution in [3.05, 3.63) is 12.3 Å². The molecule has 13 nitrogen and oxygen atoms in total. The largest absolute Gasteiger partial charge is 0.458 e. The van der Waals surface area contributed by atoms with Gasteiger partial charge in [-0.2, -0.15) is 0 Å². The third-order valence-electron chi connectivity index (χ3n) is 7.18. The molecule has 0 saturated carbocycles. The van der Waals surface area contributed by atoms with Crippen LogP contribution in [0.1, 0.15) is 48.0 Å². The molecule has 0 aliphatic carbocycles. The third kappa shape index (κ3) is 5.43. The quantitative estimate of drug-likeness (QED) is 0.182. The number of ketones is 2. The van der Waals surface area contributed by atoms with E-state index in [0.717, 1.165) is 6.20 Å². The summed E-state index contributed by atoms with van der Waals surface area (Å²) in [6.07, 6.45) is -3.87. The molecule has 0 aromatic carbocycles. The molecule has 2 unspecified atom stereocenters. The van der Waals surface area contributed by atoms with Crippen LogP contribution in [0.3, 0.4) is 0 Å². The summed E-state index contributed by atoms with van der Waals surface area (Å²) in [5, 5.41) is 22.7. The summed E-state index contributed by atoms with van der Waals surface area (Å²) in [7, 11) is 0. The van der Waals surface area contributed by atoms with E-state index in [-0.39, 0.29) is 11.8 Å². The van der Waals surface area contributed by atoms with Gasteiger partial charge in [-0.1, -0.05) is 41.5 Å². The minimum atomic E-state index is -2.55. The van der Waals surface area contributed by atoms with Crippen LogP contribution in [-0.2, 0) is 19.1 Å². The summed E-state index contributed by atoms with van der Waals surface area (Å²) in [6, 6.07) is -4.59. The molecule has 13 heteroatoms. The van der Waals surface area contributed by atoms with E-state index >= 15 is 0 Å². The lowest BCUT2D eigenvalue weighted by Gasteiger charge is -2.36. The van der Waals surface area contributed by atoms with Crippen molar-refractivity contribution < 1.29 is 38.6 Å². The number of carbonyl (C=O) groups excluding carboxylic acids is 4. The summed E-state index contributed by atoms with van der Waals surface area (Å²) in [5.41, 5.74) is 21.2. The van der Waals surface area contributed by atoms with Crippen molar-refractivity contribution in [1.29, 1.82) is 0 Å². The standard InChI is InChI=1S/C24H40N6O7/c1-10(2)15(26)18(31)19(32)21-24(36,20(33)16(27)11(3)4)9-14(37-21)30(22(34)17(28)12(5)6)8-7-13(25)29-23(30)35/h7-8,10-12,14-17,19,21,32,36H,9,26-28H2,1-6H3,(H-,25,29,35)/p+1/t14-,15+,16+,17+,19?,21-,24-,30?/m1/s1. The Balaban J connectivity index is 2.68. The Hall–Kier alpha value is -2.39. The summed E-state index contributed by atoms with van der Waals surface area (Å²) >= 11 is 0. The lowest BCUT2D eigenvalue weighted by atomic mass is 9.79. The number of aliphatic imine (C=N–C) groups is 1. The summed E-state index contributed by atoms with van der Waals surface area (Å²) < 4.78 is 4.64. The molecular formula is C24H41N6O7+. The number of Topliss-reactive ketones (excluding diaryl/α,β-unsaturated/α-hetero) is 2. The van der Waals surface area contributed by atoms with Crippen LogP contribution in [0.5, 0.6) is 0 Å². The number of ether oxygens (including phenoxy) is 1. The predicted octanol–water partition coefficient (Wildman–Crippen LogP) is -1.37. The van der Waals surface area contributed by atoms with Gasteiger partial charge in [0.25, 0.3) is 0 Å². The minimum Gasteiger partial charge on any atom is -0.383 e. The normalized spacial score (nSPS) is 31.4. The molecule has 37 heavy (non-hydrogen) atoms. The number of urea groups is 1. The second-order valence-corrected chi connectivity index (χ2v) is 10.9. The molecule has 8 atom stereocenters. The zero-order chi connectivity index (χ0) is 28.6. The van der Waals surface area contributed by atoms with Crippen LogP contribution in [-0.4, -0.2) is 86.2 Å². The Kier molecular flexibility index (Phi) is 9.29. The van der Waals surface area contributed by atoms with E-state index in [2.05, 4.69) is 4.99 Å². The number of aliphatic hydroxyl groups is 2. The van der Waals surface area contributed by atoms with Crippen molar-refractivity contribution in [3.63, 3.8) is 0 Å². The number of hydrogen-bond acceptors (Lipinski definition) is 11. The number of carbonyl (C=O) groups is 4. The molecule has 2 aliphatic rings. The highest BCUT2D eigenvalue weighted by atomic mass is 16.6. The number of quaternary nitrogens is 1. The summed E-state index contributed by atoms with van der Waals surface area (Å²) in [5.74, 6) is -4.03. The maximum absolute atomic E-state index is 13.6. The maximum Gasteiger partial charge on any atom is 0.458 e. The van der Waals surface area contributed by atoms with Crippen molar-refractivity contribution in [2.45, 2.75) is 90.1 Å². The van der Waals surface area contributed by atoms with Crippen molar-refractivity contribution in [2.75, 3.05) is 0 Å². The van der Waals surface area contributed by atoms with E-state index in [1.54, 1.807) is 41.5 Å². The molecule has 3 amide bonds. The fraction of sp³-hybridized carbons (Fsp3) is 0.708. The number of hydrogen-bond donors (Lipinski definition) is 6. The second-order valence-electron chi connectivity index (χ2n) is 10.9. The maximum atomic E-state index is 13.6. The second kappa shape index (κ2) is 11.2. The SMILES string of the molecule is CC(C)[C@H](N)C(=O)C(O)[C@H]1O[C@@H]([N+]2(C(=O)[C@@H](N)C(C)C)C=CC(N)=NC2=O)C[C@@]1(O)C(=O)[C@@H](N)C(C)C. The van der Waals surface area contributed by atoms with Gasteiger partial charge in [0, 0.05) is 6.08 Å². The molecule has 2 rings (SSSR count). The lowest BCUT2D eigenvalue weighted by Crippen LogP contribution is -2.65. The lowest BCUT2D eigenvalue weighted by molar-refractivity contribution is -0.778. The number of aliphatic hydroxyl groups excluding tert-OH is 1. The van der Waals surface area contributed by atoms with Crippen molar-refractivity contribution >= 4 is 29.3 Å². The van der Waals surface area contributed by atoms with Crippen molar-refractivity contribution in [2.24, 2.45) is 45.7 Å². The van der Waals surface area contributed by atoms with Gasteiger partial charge in [0.2, 0.25) is 6.23 Å². The number of amidine groups is 1. The summed E-state index contributed by atoms with van der Waals surface area (Å²) in [6.45, 7) is 9.96. The first kappa shape index (κ1) is 30.8. The topological polar surface area (TPSA) is 234 Å². The van der Waals surface area contributed by atoms with Gasteiger partial charge in [-0.25, -0.2) is 9.59 Å². The first-order chi connectivity index (χ1) is 16.9. The van der Waals surface area contributed by atoms with Crippen LogP contribution in [0.25, 0.3) is 0 Å². The molecule has 2 aliphatic heterocycles. The Bertz CT molecular complexity index is 996. The molecule has 0 radical (unpaired) electrons. The number of imide groups is 1. The van der Waals surface area contributed by atoms with Crippen LogP contribution >= 0.6 is 0 Å². The van der Waals surface area contributed by atoms with Gasteiger partial charge in [-0.05, 0) is 17.8 Å². The van der Waals surface area contributed by atoms with Gasteiger partial charge in [0.05, 0.1) is 18.5 Å². The minimum absolute atomic E-state index is 0.175. The fourth-order valence-electron chi connectivity index (χ4n) is 4.34. The molecule has 0 aromatic rings. The van der Waals surface area contributed by atoms with Gasteiger partial charge < -0.3 is 37.9 Å². The van der Waals surface area contributed by atoms with Crippen LogP contribution in [0.4, 0.5) is 4.79 Å². The highest BCUT2D eigenvalue weighted by Gasteiger charge is 2.67. The Morgan fingerprint density at radius 2 is 1.54 bits per heavy atom. The van der Waals surface area contributed by atoms with E-state index in [1.165, 1.54) is 6.08 Å². The van der Waals surface area contributed by atoms with Gasteiger partial charge >= 0.3 is 11.9 Å². The molecule has 0 spiro atoms. The average molecular weight is 526 g/mol. The zero-order valence-corrected chi connectivity index (χ0v) is 22.2. The monoisotopic (exact) mass is 525 g/mol. The number of nitrogens with two attached hydrogens (primary N) is 4. The molecular weight excluding hydrogens is 484 g/mol. The fourth-order valence-corrected chi connectivity index (χ4v) is 4.34. The molecule has 1 saturated heterocycles. The van der Waals surface area contributed by atoms with Crippen LogP contribution in [0.2, 0.25) is 0 Å². The third-order valence-corrected chi connectivity index (χ3v) is 7.18. The van der Waals surface area contributed by atoms with Gasteiger partial charge in [-0.3, -0.25) is 9.59 Å². The highest BCUT2D eigenvalue weighted by Crippen LogP contribution is 2.41. The molecule has 208 valence electrons. The zero-order valence-electron chi connectivity index (χ0n) is 22.2. The number of rotatable bonds is 10.